The number of amides is 2. The molecule has 0 radical (unpaired) electrons. The molecule has 0 aromatic heterocycles. The molecule has 6 heteroatoms. The molecule has 112 valence electrons. The molecule has 0 bridgehead atoms. The van der Waals surface area contributed by atoms with Crippen LogP contribution in [0.2, 0.25) is 0 Å². The van der Waals surface area contributed by atoms with Crippen molar-refractivity contribution in [2.45, 2.75) is 13.8 Å². The zero-order valence-corrected chi connectivity index (χ0v) is 13.1. The summed E-state index contributed by atoms with van der Waals surface area (Å²) in [5, 5.41) is 1.90. The summed E-state index contributed by atoms with van der Waals surface area (Å²) in [6.07, 6.45) is 1.68. The first-order chi connectivity index (χ1) is 10.1. The van der Waals surface area contributed by atoms with E-state index in [0.717, 1.165) is 36.1 Å². The molecular weight excluding hydrogens is 288 g/mol. The lowest BCUT2D eigenvalue weighted by molar-refractivity contribution is -0.115. The topological polar surface area (TPSA) is 58.6 Å². The van der Waals surface area contributed by atoms with Crippen LogP contribution < -0.4 is 15.0 Å². The van der Waals surface area contributed by atoms with Crippen LogP contribution in [0.1, 0.15) is 19.4 Å². The first-order valence-corrected chi connectivity index (χ1v) is 7.58. The molecule has 1 saturated heterocycles. The number of carbonyl (C=O) groups is 2. The number of nitrogens with one attached hydrogen (secondary N) is 1. The Bertz CT molecular complexity index is 595. The lowest BCUT2D eigenvalue weighted by Crippen LogP contribution is -2.21. The SMILES string of the molecule is CCN(CC)c1ccc(/C=C2\SC(=O)NC2=O)c(OC)c1. The Hall–Kier alpha value is -1.95. The van der Waals surface area contributed by atoms with E-state index in [2.05, 4.69) is 24.1 Å². The van der Waals surface area contributed by atoms with E-state index in [9.17, 15) is 9.59 Å². The lowest BCUT2D eigenvalue weighted by atomic mass is 10.1. The van der Waals surface area contributed by atoms with Gasteiger partial charge < -0.3 is 9.64 Å². The van der Waals surface area contributed by atoms with Crippen molar-refractivity contribution in [2.75, 3.05) is 25.1 Å². The summed E-state index contributed by atoms with van der Waals surface area (Å²) < 4.78 is 5.40. The summed E-state index contributed by atoms with van der Waals surface area (Å²) in [5.41, 5.74) is 1.85. The van der Waals surface area contributed by atoms with E-state index in [1.165, 1.54) is 0 Å². The van der Waals surface area contributed by atoms with Crippen LogP contribution in [0.4, 0.5) is 10.5 Å². The highest BCUT2D eigenvalue weighted by atomic mass is 32.2. The number of carbonyl (C=O) groups excluding carboxylic acids is 2. The van der Waals surface area contributed by atoms with Gasteiger partial charge in [-0.15, -0.1) is 0 Å². The third kappa shape index (κ3) is 3.39. The molecular formula is C15H18N2O3S. The zero-order chi connectivity index (χ0) is 15.4. The lowest BCUT2D eigenvalue weighted by Gasteiger charge is -2.22. The standard InChI is InChI=1S/C15H18N2O3S/c1-4-17(5-2)11-7-6-10(12(9-11)20-3)8-13-14(18)16-15(19)21-13/h6-9H,4-5H2,1-3H3,(H,16,18,19)/b13-8-. The van der Waals surface area contributed by atoms with Crippen molar-refractivity contribution < 1.29 is 14.3 Å². The van der Waals surface area contributed by atoms with Crippen LogP contribution in [0.3, 0.4) is 0 Å². The van der Waals surface area contributed by atoms with Gasteiger partial charge in [0.2, 0.25) is 0 Å². The Labute approximate surface area is 128 Å². The normalized spacial score (nSPS) is 16.2. The van der Waals surface area contributed by atoms with Crippen LogP contribution in [0, 0.1) is 0 Å². The molecule has 0 saturated carbocycles. The molecule has 1 aromatic carbocycles. The Morgan fingerprint density at radius 1 is 1.29 bits per heavy atom. The third-order valence-corrected chi connectivity index (χ3v) is 4.08. The van der Waals surface area contributed by atoms with Gasteiger partial charge in [-0.05, 0) is 43.8 Å². The average Bonchev–Trinajstić information content (AvgIpc) is 2.79. The van der Waals surface area contributed by atoms with E-state index >= 15 is 0 Å². The fraction of sp³-hybridized carbons (Fsp3) is 0.333. The number of methoxy groups -OCH3 is 1. The van der Waals surface area contributed by atoms with Crippen molar-refractivity contribution in [3.63, 3.8) is 0 Å². The maximum atomic E-state index is 11.6. The Morgan fingerprint density at radius 3 is 2.52 bits per heavy atom. The maximum Gasteiger partial charge on any atom is 0.290 e. The second kappa shape index (κ2) is 6.67. The van der Waals surface area contributed by atoms with E-state index in [1.54, 1.807) is 13.2 Å². The van der Waals surface area contributed by atoms with Gasteiger partial charge in [0, 0.05) is 30.4 Å². The van der Waals surface area contributed by atoms with Gasteiger partial charge in [-0.1, -0.05) is 0 Å². The molecule has 1 aliphatic heterocycles. The number of imide groups is 1. The summed E-state index contributed by atoms with van der Waals surface area (Å²) in [4.78, 5) is 25.4. The molecule has 0 atom stereocenters. The second-order valence-corrected chi connectivity index (χ2v) is 5.47. The van der Waals surface area contributed by atoms with Crippen molar-refractivity contribution in [3.8, 4) is 5.75 Å². The molecule has 0 aliphatic carbocycles. The fourth-order valence-corrected chi connectivity index (χ4v) is 2.84. The van der Waals surface area contributed by atoms with Crippen molar-refractivity contribution in [1.29, 1.82) is 0 Å². The summed E-state index contributed by atoms with van der Waals surface area (Å²) in [7, 11) is 1.59. The van der Waals surface area contributed by atoms with Crippen LogP contribution in [-0.4, -0.2) is 31.3 Å². The zero-order valence-electron chi connectivity index (χ0n) is 12.3. The summed E-state index contributed by atoms with van der Waals surface area (Å²) in [6.45, 7) is 6.01. The predicted octanol–water partition coefficient (Wildman–Crippen LogP) is 2.87. The van der Waals surface area contributed by atoms with E-state index in [0.29, 0.717) is 10.7 Å². The number of hydrogen-bond donors (Lipinski definition) is 1. The van der Waals surface area contributed by atoms with Gasteiger partial charge in [0.1, 0.15) is 5.75 Å². The fourth-order valence-electron chi connectivity index (χ4n) is 2.17. The quantitative estimate of drug-likeness (QED) is 0.848. The summed E-state index contributed by atoms with van der Waals surface area (Å²) in [5.74, 6) is 0.319. The van der Waals surface area contributed by atoms with Gasteiger partial charge in [-0.25, -0.2) is 0 Å². The number of hydrogen-bond acceptors (Lipinski definition) is 5. The second-order valence-electron chi connectivity index (χ2n) is 4.45. The molecule has 2 rings (SSSR count). The number of nitrogens with zero attached hydrogens (tertiary/aromatic N) is 1. The molecule has 0 spiro atoms. The van der Waals surface area contributed by atoms with Crippen molar-refractivity contribution in [1.82, 2.24) is 5.32 Å². The number of ether oxygens (including phenoxy) is 1. The summed E-state index contributed by atoms with van der Waals surface area (Å²) in [6, 6.07) is 5.83. The Morgan fingerprint density at radius 2 is 2.00 bits per heavy atom. The number of anilines is 1. The van der Waals surface area contributed by atoms with Crippen LogP contribution in [-0.2, 0) is 4.79 Å². The van der Waals surface area contributed by atoms with Crippen LogP contribution >= 0.6 is 11.8 Å². The Balaban J connectivity index is 2.35. The highest BCUT2D eigenvalue weighted by molar-refractivity contribution is 8.18. The molecule has 1 fully saturated rings. The molecule has 1 heterocycles. The first-order valence-electron chi connectivity index (χ1n) is 6.76. The van der Waals surface area contributed by atoms with Gasteiger partial charge in [0.15, 0.2) is 0 Å². The molecule has 2 amide bonds. The average molecular weight is 306 g/mol. The van der Waals surface area contributed by atoms with Gasteiger partial charge in [0.25, 0.3) is 11.1 Å². The highest BCUT2D eigenvalue weighted by Gasteiger charge is 2.25. The van der Waals surface area contributed by atoms with Crippen LogP contribution in [0.5, 0.6) is 5.75 Å². The Kier molecular flexibility index (Phi) is 4.90. The van der Waals surface area contributed by atoms with Gasteiger partial charge >= 0.3 is 0 Å². The minimum atomic E-state index is -0.361. The van der Waals surface area contributed by atoms with Crippen LogP contribution in [0.25, 0.3) is 6.08 Å². The third-order valence-electron chi connectivity index (χ3n) is 3.27. The van der Waals surface area contributed by atoms with Crippen LogP contribution in [0.15, 0.2) is 23.1 Å². The van der Waals surface area contributed by atoms with Gasteiger partial charge in [-0.2, -0.15) is 0 Å². The number of thioether (sulfide) groups is 1. The number of rotatable bonds is 5. The van der Waals surface area contributed by atoms with Gasteiger partial charge in [0.05, 0.1) is 12.0 Å². The smallest absolute Gasteiger partial charge is 0.290 e. The van der Waals surface area contributed by atoms with Crippen molar-refractivity contribution >= 4 is 34.7 Å². The highest BCUT2D eigenvalue weighted by Crippen LogP contribution is 2.31. The molecule has 21 heavy (non-hydrogen) atoms. The molecule has 5 nitrogen and oxygen atoms in total. The van der Waals surface area contributed by atoms with E-state index < -0.39 is 0 Å². The van der Waals surface area contributed by atoms with E-state index in [-0.39, 0.29) is 11.1 Å². The monoisotopic (exact) mass is 306 g/mol. The van der Waals surface area contributed by atoms with Crippen molar-refractivity contribution in [2.24, 2.45) is 0 Å². The molecule has 1 aromatic rings. The van der Waals surface area contributed by atoms with E-state index in [1.807, 2.05) is 18.2 Å². The summed E-state index contributed by atoms with van der Waals surface area (Å²) >= 11 is 0.903. The predicted molar refractivity (Wildman–Crippen MR) is 85.7 cm³/mol. The maximum absolute atomic E-state index is 11.6. The van der Waals surface area contributed by atoms with Gasteiger partial charge in [-0.3, -0.25) is 14.9 Å². The van der Waals surface area contributed by atoms with E-state index in [4.69, 9.17) is 4.74 Å². The minimum Gasteiger partial charge on any atom is -0.496 e. The molecule has 1 N–H and O–H groups in total. The first kappa shape index (κ1) is 15.4. The number of benzene rings is 1. The largest absolute Gasteiger partial charge is 0.496 e. The molecule has 1 aliphatic rings. The van der Waals surface area contributed by atoms with Crippen molar-refractivity contribution in [3.05, 3.63) is 28.7 Å². The minimum absolute atomic E-state index is 0.343. The molecule has 0 unspecified atom stereocenters.